The Morgan fingerprint density at radius 3 is 2.88 bits per heavy atom. The summed E-state index contributed by atoms with van der Waals surface area (Å²) < 4.78 is 13.9. The highest BCUT2D eigenvalue weighted by Crippen LogP contribution is 2.43. The van der Waals surface area contributed by atoms with Crippen molar-refractivity contribution in [2.75, 3.05) is 19.0 Å². The van der Waals surface area contributed by atoms with Crippen molar-refractivity contribution in [1.29, 1.82) is 0 Å². The van der Waals surface area contributed by atoms with Crippen molar-refractivity contribution >= 4 is 33.3 Å². The van der Waals surface area contributed by atoms with Crippen LogP contribution in [-0.4, -0.2) is 34.4 Å². The van der Waals surface area contributed by atoms with Gasteiger partial charge < -0.3 is 14.8 Å². The van der Waals surface area contributed by atoms with Gasteiger partial charge in [-0.3, -0.25) is 4.79 Å². The third-order valence-electron chi connectivity index (χ3n) is 5.72. The largest absolute Gasteiger partial charge is 0.493 e. The lowest BCUT2D eigenvalue weighted by Gasteiger charge is -2.24. The first kappa shape index (κ1) is 21.0. The van der Waals surface area contributed by atoms with E-state index in [9.17, 15) is 4.79 Å². The Balaban J connectivity index is 1.60. The van der Waals surface area contributed by atoms with E-state index >= 15 is 0 Å². The maximum atomic E-state index is 12.7. The number of aryl methyl sites for hydroxylation is 2. The summed E-state index contributed by atoms with van der Waals surface area (Å²) >= 11 is 1.55. The van der Waals surface area contributed by atoms with Crippen LogP contribution < -0.4 is 14.8 Å². The summed E-state index contributed by atoms with van der Waals surface area (Å²) in [5.41, 5.74) is 4.85. The molecule has 4 aromatic rings. The third-order valence-corrected chi connectivity index (χ3v) is 6.71. The molecular weight excluding hydrogens is 436 g/mol. The fourth-order valence-corrected chi connectivity index (χ4v) is 5.24. The number of nitrogens with zero attached hydrogens (tertiary/aromatic N) is 3. The lowest BCUT2D eigenvalue weighted by molar-refractivity contribution is -0.116. The van der Waals surface area contributed by atoms with Crippen LogP contribution in [-0.2, 0) is 4.79 Å². The van der Waals surface area contributed by atoms with E-state index in [0.717, 1.165) is 32.2 Å². The third kappa shape index (κ3) is 3.70. The minimum Gasteiger partial charge on any atom is -0.493 e. The SMILES string of the molecule is C#CCOc1ccc([C@H]2CC(=O)Nc3c2c(C)nn3-c2nc3ccc(C)cc3s2)cc1OC. The van der Waals surface area contributed by atoms with Gasteiger partial charge in [-0.2, -0.15) is 9.78 Å². The normalized spacial score (nSPS) is 15.1. The molecule has 0 saturated carbocycles. The van der Waals surface area contributed by atoms with Crippen molar-refractivity contribution in [3.63, 3.8) is 0 Å². The summed E-state index contributed by atoms with van der Waals surface area (Å²) in [6, 6.07) is 11.8. The molecule has 2 aromatic heterocycles. The highest BCUT2D eigenvalue weighted by Gasteiger charge is 2.33. The number of rotatable bonds is 5. The standard InChI is InChI=1S/C25H22N4O3S/c1-5-10-32-19-9-7-16(12-20(19)31-4)17-13-22(30)27-24-23(17)15(3)28-29(24)25-26-18-8-6-14(2)11-21(18)33-25/h1,6-9,11-12,17H,10,13H2,2-4H3,(H,27,30)/t17-/m1/s1. The molecule has 2 aromatic carbocycles. The molecule has 1 aliphatic rings. The molecule has 1 atom stereocenters. The van der Waals surface area contributed by atoms with E-state index in [0.29, 0.717) is 23.7 Å². The Labute approximate surface area is 195 Å². The Morgan fingerprint density at radius 1 is 1.24 bits per heavy atom. The lowest BCUT2D eigenvalue weighted by atomic mass is 9.85. The molecule has 0 fully saturated rings. The number of hydrogen-bond donors (Lipinski definition) is 1. The maximum Gasteiger partial charge on any atom is 0.226 e. The molecule has 0 unspecified atom stereocenters. The zero-order chi connectivity index (χ0) is 23.1. The van der Waals surface area contributed by atoms with Gasteiger partial charge in [-0.15, -0.1) is 6.42 Å². The molecule has 7 nitrogen and oxygen atoms in total. The van der Waals surface area contributed by atoms with Crippen molar-refractivity contribution in [3.05, 3.63) is 58.8 Å². The summed E-state index contributed by atoms with van der Waals surface area (Å²) in [4.78, 5) is 17.5. The van der Waals surface area contributed by atoms with Crippen LogP contribution >= 0.6 is 11.3 Å². The predicted octanol–water partition coefficient (Wildman–Crippen LogP) is 4.59. The molecule has 33 heavy (non-hydrogen) atoms. The number of hydrogen-bond acceptors (Lipinski definition) is 6. The number of aromatic nitrogens is 3. The monoisotopic (exact) mass is 458 g/mol. The zero-order valence-electron chi connectivity index (χ0n) is 18.5. The first-order chi connectivity index (χ1) is 16.0. The fourth-order valence-electron chi connectivity index (χ4n) is 4.22. The van der Waals surface area contributed by atoms with Crippen molar-refractivity contribution in [1.82, 2.24) is 14.8 Å². The van der Waals surface area contributed by atoms with E-state index in [-0.39, 0.29) is 18.4 Å². The molecule has 1 amide bonds. The van der Waals surface area contributed by atoms with E-state index < -0.39 is 0 Å². The predicted molar refractivity (Wildman–Crippen MR) is 129 cm³/mol. The second kappa shape index (κ2) is 8.26. The van der Waals surface area contributed by atoms with Crippen LogP contribution in [0.3, 0.4) is 0 Å². The molecular formula is C25H22N4O3S. The number of terminal acetylenes is 1. The number of benzene rings is 2. The summed E-state index contributed by atoms with van der Waals surface area (Å²) in [7, 11) is 1.58. The molecule has 0 spiro atoms. The van der Waals surface area contributed by atoms with Crippen LogP contribution in [0.15, 0.2) is 36.4 Å². The molecule has 0 saturated heterocycles. The van der Waals surface area contributed by atoms with E-state index in [2.05, 4.69) is 24.2 Å². The van der Waals surface area contributed by atoms with Gasteiger partial charge in [0.15, 0.2) is 11.5 Å². The van der Waals surface area contributed by atoms with Gasteiger partial charge in [0.2, 0.25) is 11.0 Å². The summed E-state index contributed by atoms with van der Waals surface area (Å²) in [5, 5.41) is 8.50. The van der Waals surface area contributed by atoms with E-state index in [1.54, 1.807) is 23.1 Å². The second-order valence-corrected chi connectivity index (χ2v) is 8.94. The fraction of sp³-hybridized carbons (Fsp3) is 0.240. The Hall–Kier alpha value is -3.83. The number of amides is 1. The molecule has 166 valence electrons. The first-order valence-corrected chi connectivity index (χ1v) is 11.3. The summed E-state index contributed by atoms with van der Waals surface area (Å²) in [5.74, 6) is 4.01. The van der Waals surface area contributed by atoms with Crippen molar-refractivity contribution < 1.29 is 14.3 Å². The van der Waals surface area contributed by atoms with Gasteiger partial charge in [-0.1, -0.05) is 29.4 Å². The zero-order valence-corrected chi connectivity index (χ0v) is 19.3. The quantitative estimate of drug-likeness (QED) is 0.443. The molecule has 8 heteroatoms. The number of methoxy groups -OCH3 is 1. The van der Waals surface area contributed by atoms with Gasteiger partial charge in [0.05, 0.1) is 23.0 Å². The Bertz CT molecular complexity index is 1430. The number of ether oxygens (including phenoxy) is 2. The molecule has 1 aliphatic heterocycles. The van der Waals surface area contributed by atoms with Crippen LogP contribution in [0.1, 0.15) is 34.7 Å². The van der Waals surface area contributed by atoms with Crippen LogP contribution in [0.4, 0.5) is 5.82 Å². The molecule has 0 bridgehead atoms. The summed E-state index contributed by atoms with van der Waals surface area (Å²) in [6.07, 6.45) is 5.62. The van der Waals surface area contributed by atoms with Crippen LogP contribution in [0.5, 0.6) is 11.5 Å². The highest BCUT2D eigenvalue weighted by atomic mass is 32.1. The van der Waals surface area contributed by atoms with Crippen molar-refractivity contribution in [3.8, 4) is 29.0 Å². The van der Waals surface area contributed by atoms with Crippen LogP contribution in [0.25, 0.3) is 15.3 Å². The number of anilines is 1. The van der Waals surface area contributed by atoms with Crippen LogP contribution in [0.2, 0.25) is 0 Å². The van der Waals surface area contributed by atoms with E-state index in [4.69, 9.17) is 26.0 Å². The minimum absolute atomic E-state index is 0.0720. The first-order valence-electron chi connectivity index (χ1n) is 10.5. The van der Waals surface area contributed by atoms with Gasteiger partial charge in [0.1, 0.15) is 12.4 Å². The average Bonchev–Trinajstić information content (AvgIpc) is 3.37. The molecule has 0 radical (unpaired) electrons. The molecule has 0 aliphatic carbocycles. The van der Waals surface area contributed by atoms with Gasteiger partial charge in [0.25, 0.3) is 0 Å². The van der Waals surface area contributed by atoms with Crippen molar-refractivity contribution in [2.24, 2.45) is 0 Å². The van der Waals surface area contributed by atoms with E-state index in [1.165, 1.54) is 5.56 Å². The highest BCUT2D eigenvalue weighted by molar-refractivity contribution is 7.20. The summed E-state index contributed by atoms with van der Waals surface area (Å²) in [6.45, 7) is 4.17. The molecule has 1 N–H and O–H groups in total. The van der Waals surface area contributed by atoms with Crippen molar-refractivity contribution in [2.45, 2.75) is 26.2 Å². The van der Waals surface area contributed by atoms with Crippen LogP contribution in [0, 0.1) is 26.2 Å². The number of carbonyl (C=O) groups is 1. The smallest absolute Gasteiger partial charge is 0.226 e. The van der Waals surface area contributed by atoms with Gasteiger partial charge in [-0.05, 0) is 49.2 Å². The molecule has 5 rings (SSSR count). The topological polar surface area (TPSA) is 78.3 Å². The Morgan fingerprint density at radius 2 is 2.09 bits per heavy atom. The van der Waals surface area contributed by atoms with Gasteiger partial charge in [0, 0.05) is 17.9 Å². The van der Waals surface area contributed by atoms with E-state index in [1.807, 2.05) is 37.3 Å². The number of thiazole rings is 1. The number of carbonyl (C=O) groups excluding carboxylic acids is 1. The number of fused-ring (bicyclic) bond motifs is 2. The average molecular weight is 459 g/mol. The van der Waals surface area contributed by atoms with Gasteiger partial charge >= 0.3 is 0 Å². The van der Waals surface area contributed by atoms with Gasteiger partial charge in [-0.25, -0.2) is 4.98 Å². The second-order valence-electron chi connectivity index (χ2n) is 7.94. The Kier molecular flexibility index (Phi) is 5.27. The minimum atomic E-state index is -0.172. The number of nitrogens with one attached hydrogen (secondary N) is 1. The lowest BCUT2D eigenvalue weighted by Crippen LogP contribution is -2.25. The maximum absolute atomic E-state index is 12.7. The molecule has 3 heterocycles.